The monoisotopic (exact) mass is 346 g/mol. The number of hydrogen-bond donors (Lipinski definition) is 0. The summed E-state index contributed by atoms with van der Waals surface area (Å²) >= 11 is 0. The fourth-order valence-corrected chi connectivity index (χ4v) is 2.36. The lowest BCUT2D eigenvalue weighted by Gasteiger charge is -2.35. The van der Waals surface area contributed by atoms with Crippen molar-refractivity contribution in [3.63, 3.8) is 0 Å². The summed E-state index contributed by atoms with van der Waals surface area (Å²) in [5, 5.41) is 2.67. The van der Waals surface area contributed by atoms with Crippen molar-refractivity contribution < 1.29 is 19.1 Å². The molecule has 0 atom stereocenters. The van der Waals surface area contributed by atoms with E-state index in [0.717, 1.165) is 5.56 Å². The molecule has 0 spiro atoms. The smallest absolute Gasteiger partial charge is 0.429 e. The fourth-order valence-electron chi connectivity index (χ4n) is 2.36. The summed E-state index contributed by atoms with van der Waals surface area (Å²) in [6.07, 6.45) is 4.22. The molecule has 6 heteroatoms. The van der Waals surface area contributed by atoms with Crippen LogP contribution < -0.4 is 0 Å². The van der Waals surface area contributed by atoms with Crippen LogP contribution in [0.3, 0.4) is 0 Å². The first kappa shape index (κ1) is 18.8. The van der Waals surface area contributed by atoms with Crippen molar-refractivity contribution in [1.29, 1.82) is 0 Å². The predicted molar refractivity (Wildman–Crippen MR) is 94.6 cm³/mol. The molecule has 2 rings (SSSR count). The molecule has 0 N–H and O–H groups in total. The van der Waals surface area contributed by atoms with E-state index in [1.807, 2.05) is 42.5 Å². The van der Waals surface area contributed by atoms with Crippen LogP contribution >= 0.6 is 0 Å². The standard InChI is InChI=1S/C19H26N2O4/c1-19(2,3)25-18(23)21-14-10-5-4-9-13-20(21)17(22)24-15-16-11-7-6-8-12-16/h4-8,11-12H,9-10,13-15H2,1-3H3/b5-4-. The van der Waals surface area contributed by atoms with Crippen LogP contribution in [0.15, 0.2) is 42.5 Å². The summed E-state index contributed by atoms with van der Waals surface area (Å²) in [6, 6.07) is 9.44. The second kappa shape index (κ2) is 8.55. The topological polar surface area (TPSA) is 59.1 Å². The number of amides is 2. The van der Waals surface area contributed by atoms with Crippen LogP contribution in [0.25, 0.3) is 0 Å². The first-order valence-electron chi connectivity index (χ1n) is 8.50. The van der Waals surface area contributed by atoms with E-state index in [1.165, 1.54) is 10.0 Å². The van der Waals surface area contributed by atoms with Gasteiger partial charge in [0.2, 0.25) is 0 Å². The van der Waals surface area contributed by atoms with Gasteiger partial charge in [0, 0.05) is 13.1 Å². The van der Waals surface area contributed by atoms with E-state index in [1.54, 1.807) is 20.8 Å². The van der Waals surface area contributed by atoms with Crippen LogP contribution in [0.2, 0.25) is 0 Å². The number of carbonyl (C=O) groups is 2. The largest absolute Gasteiger partial charge is 0.443 e. The second-order valence-electron chi connectivity index (χ2n) is 6.82. The average Bonchev–Trinajstić information content (AvgIpc) is 2.51. The maximum absolute atomic E-state index is 12.5. The van der Waals surface area contributed by atoms with Gasteiger partial charge in [0.15, 0.2) is 0 Å². The summed E-state index contributed by atoms with van der Waals surface area (Å²) in [5.41, 5.74) is 0.265. The lowest BCUT2D eigenvalue weighted by molar-refractivity contribution is -0.0476. The Bertz CT molecular complexity index is 608. The van der Waals surface area contributed by atoms with Crippen LogP contribution in [0, 0.1) is 0 Å². The van der Waals surface area contributed by atoms with Crippen LogP contribution in [-0.4, -0.2) is 40.9 Å². The predicted octanol–water partition coefficient (Wildman–Crippen LogP) is 4.13. The number of hydrogen-bond acceptors (Lipinski definition) is 4. The van der Waals surface area contributed by atoms with Crippen molar-refractivity contribution in [3.8, 4) is 0 Å². The molecule has 1 aromatic carbocycles. The Balaban J connectivity index is 2.07. The summed E-state index contributed by atoms with van der Waals surface area (Å²) in [6.45, 7) is 6.29. The molecule has 0 aromatic heterocycles. The van der Waals surface area contributed by atoms with Gasteiger partial charge in [0.1, 0.15) is 12.2 Å². The van der Waals surface area contributed by atoms with Gasteiger partial charge in [-0.15, -0.1) is 0 Å². The first-order chi connectivity index (χ1) is 11.9. The molecule has 1 aliphatic rings. The van der Waals surface area contributed by atoms with Crippen LogP contribution in [0.5, 0.6) is 0 Å². The van der Waals surface area contributed by atoms with E-state index in [2.05, 4.69) is 0 Å². The van der Waals surface area contributed by atoms with Crippen molar-refractivity contribution in [2.24, 2.45) is 0 Å². The molecule has 0 saturated carbocycles. The molecule has 136 valence electrons. The first-order valence-corrected chi connectivity index (χ1v) is 8.50. The van der Waals surface area contributed by atoms with Gasteiger partial charge in [0.25, 0.3) is 0 Å². The average molecular weight is 346 g/mol. The van der Waals surface area contributed by atoms with Crippen molar-refractivity contribution in [1.82, 2.24) is 10.0 Å². The molecule has 0 saturated heterocycles. The number of carbonyl (C=O) groups excluding carboxylic acids is 2. The molecule has 0 unspecified atom stereocenters. The molecule has 0 aliphatic carbocycles. The van der Waals surface area contributed by atoms with Crippen molar-refractivity contribution in [2.75, 3.05) is 13.1 Å². The van der Waals surface area contributed by atoms with Gasteiger partial charge < -0.3 is 9.47 Å². The molecular weight excluding hydrogens is 320 g/mol. The third-order valence-electron chi connectivity index (χ3n) is 3.49. The SMILES string of the molecule is CC(C)(C)OC(=O)N1CC/C=C\CCN1C(=O)OCc1ccccc1. The zero-order valence-electron chi connectivity index (χ0n) is 15.1. The highest BCUT2D eigenvalue weighted by atomic mass is 16.6. The highest BCUT2D eigenvalue weighted by Gasteiger charge is 2.30. The van der Waals surface area contributed by atoms with Crippen molar-refractivity contribution >= 4 is 12.2 Å². The van der Waals surface area contributed by atoms with Gasteiger partial charge in [-0.2, -0.15) is 0 Å². The Hall–Kier alpha value is -2.50. The lowest BCUT2D eigenvalue weighted by Crippen LogP contribution is -2.52. The summed E-state index contributed by atoms with van der Waals surface area (Å²) < 4.78 is 10.8. The quantitative estimate of drug-likeness (QED) is 0.756. The van der Waals surface area contributed by atoms with Gasteiger partial charge in [0.05, 0.1) is 0 Å². The zero-order valence-corrected chi connectivity index (χ0v) is 15.1. The fraction of sp³-hybridized carbons (Fsp3) is 0.474. The number of ether oxygens (including phenoxy) is 2. The molecule has 0 bridgehead atoms. The van der Waals surface area contributed by atoms with Crippen LogP contribution in [0.1, 0.15) is 39.2 Å². The van der Waals surface area contributed by atoms with Gasteiger partial charge in [-0.1, -0.05) is 42.5 Å². The second-order valence-corrected chi connectivity index (χ2v) is 6.82. The maximum Gasteiger partial charge on any atom is 0.429 e. The van der Waals surface area contributed by atoms with E-state index >= 15 is 0 Å². The summed E-state index contributed by atoms with van der Waals surface area (Å²) in [4.78, 5) is 25.0. The molecule has 1 aromatic rings. The lowest BCUT2D eigenvalue weighted by atomic mass is 10.2. The molecule has 1 heterocycles. The van der Waals surface area contributed by atoms with Crippen molar-refractivity contribution in [2.45, 2.75) is 45.8 Å². The van der Waals surface area contributed by atoms with E-state index < -0.39 is 17.8 Å². The Labute approximate surface area is 149 Å². The Morgan fingerprint density at radius 3 is 2.08 bits per heavy atom. The van der Waals surface area contributed by atoms with E-state index in [-0.39, 0.29) is 6.61 Å². The highest BCUT2D eigenvalue weighted by molar-refractivity contribution is 5.74. The highest BCUT2D eigenvalue weighted by Crippen LogP contribution is 2.16. The number of hydrazine groups is 1. The minimum absolute atomic E-state index is 0.161. The van der Waals surface area contributed by atoms with Gasteiger partial charge in [-0.3, -0.25) is 0 Å². The Morgan fingerprint density at radius 2 is 1.52 bits per heavy atom. The van der Waals surface area contributed by atoms with Gasteiger partial charge in [-0.25, -0.2) is 19.6 Å². The third-order valence-corrected chi connectivity index (χ3v) is 3.49. The zero-order chi connectivity index (χ0) is 18.3. The Morgan fingerprint density at radius 1 is 0.960 bits per heavy atom. The number of nitrogens with zero attached hydrogens (tertiary/aromatic N) is 2. The normalized spacial score (nSPS) is 16.6. The molecule has 0 fully saturated rings. The van der Waals surface area contributed by atoms with Gasteiger partial charge >= 0.3 is 12.2 Å². The van der Waals surface area contributed by atoms with Crippen molar-refractivity contribution in [3.05, 3.63) is 48.0 Å². The minimum atomic E-state index is -0.630. The Kier molecular flexibility index (Phi) is 6.44. The van der Waals surface area contributed by atoms with Crippen LogP contribution in [0.4, 0.5) is 9.59 Å². The number of benzene rings is 1. The molecule has 1 aliphatic heterocycles. The van der Waals surface area contributed by atoms with Crippen LogP contribution in [-0.2, 0) is 16.1 Å². The van der Waals surface area contributed by atoms with E-state index in [4.69, 9.17) is 9.47 Å². The van der Waals surface area contributed by atoms with Gasteiger partial charge in [-0.05, 0) is 39.2 Å². The molecule has 25 heavy (non-hydrogen) atoms. The summed E-state index contributed by atoms with van der Waals surface area (Å²) in [7, 11) is 0. The molecule has 0 radical (unpaired) electrons. The minimum Gasteiger partial charge on any atom is -0.443 e. The third kappa shape index (κ3) is 6.14. The molecular formula is C19H26N2O4. The van der Waals surface area contributed by atoms with E-state index in [0.29, 0.717) is 25.9 Å². The molecule has 6 nitrogen and oxygen atoms in total. The number of rotatable bonds is 2. The maximum atomic E-state index is 12.5. The van der Waals surface area contributed by atoms with E-state index in [9.17, 15) is 9.59 Å². The summed E-state index contributed by atoms with van der Waals surface area (Å²) in [5.74, 6) is 0. The molecule has 2 amide bonds.